The minimum absolute atomic E-state index is 0.0216. The van der Waals surface area contributed by atoms with Crippen LogP contribution in [0.15, 0.2) is 35.2 Å². The first kappa shape index (κ1) is 10.7. The maximum atomic E-state index is 11.1. The largest absolute Gasteiger partial charge is 0.508 e. The van der Waals surface area contributed by atoms with Gasteiger partial charge in [-0.2, -0.15) is 8.42 Å². The van der Waals surface area contributed by atoms with Gasteiger partial charge in [0.2, 0.25) is 0 Å². The van der Waals surface area contributed by atoms with E-state index in [9.17, 15) is 13.5 Å². The average molecular weight is 239 g/mol. The lowest BCUT2D eigenvalue weighted by atomic mass is 10.1. The molecule has 6 heteroatoms. The first-order valence-electron chi connectivity index (χ1n) is 4.38. The highest BCUT2D eigenvalue weighted by atomic mass is 32.2. The Morgan fingerprint density at radius 1 is 1.06 bits per heavy atom. The topological polar surface area (TPSA) is 101 Å². The van der Waals surface area contributed by atoms with E-state index in [1.165, 1.54) is 30.3 Å². The fraction of sp³-hybridized carbons (Fsp3) is 0. The summed E-state index contributed by atoms with van der Waals surface area (Å²) < 4.78 is 31.2. The molecule has 0 atom stereocenters. The number of nitrogens with two attached hydrogens (primary N) is 1. The molecule has 0 radical (unpaired) electrons. The zero-order chi connectivity index (χ0) is 11.9. The summed E-state index contributed by atoms with van der Waals surface area (Å²) in [6, 6.07) is 6.66. The van der Waals surface area contributed by atoms with Gasteiger partial charge in [0.1, 0.15) is 10.6 Å². The predicted octanol–water partition coefficient (Wildman–Crippen LogP) is 1.37. The van der Waals surface area contributed by atoms with Gasteiger partial charge in [0, 0.05) is 16.5 Å². The molecule has 84 valence electrons. The van der Waals surface area contributed by atoms with Gasteiger partial charge >= 0.3 is 0 Å². The molecule has 2 aromatic rings. The van der Waals surface area contributed by atoms with Gasteiger partial charge < -0.3 is 10.8 Å². The molecule has 0 saturated carbocycles. The summed E-state index contributed by atoms with van der Waals surface area (Å²) in [4.78, 5) is -0.225. The minimum Gasteiger partial charge on any atom is -0.508 e. The van der Waals surface area contributed by atoms with Gasteiger partial charge in [-0.25, -0.2) is 0 Å². The summed E-state index contributed by atoms with van der Waals surface area (Å²) >= 11 is 0. The molecule has 0 aliphatic carbocycles. The third kappa shape index (κ3) is 1.68. The Kier molecular flexibility index (Phi) is 2.25. The molecule has 0 amide bonds. The third-order valence-corrected chi connectivity index (χ3v) is 3.18. The number of rotatable bonds is 1. The fourth-order valence-corrected chi connectivity index (χ4v) is 2.25. The van der Waals surface area contributed by atoms with Crippen molar-refractivity contribution >= 4 is 26.6 Å². The van der Waals surface area contributed by atoms with Gasteiger partial charge in [-0.1, -0.05) is 0 Å². The molecular weight excluding hydrogens is 230 g/mol. The number of aromatic hydroxyl groups is 1. The second kappa shape index (κ2) is 3.36. The summed E-state index contributed by atoms with van der Waals surface area (Å²) in [6.45, 7) is 0. The van der Waals surface area contributed by atoms with Gasteiger partial charge in [0.15, 0.2) is 0 Å². The van der Waals surface area contributed by atoms with E-state index in [1.54, 1.807) is 0 Å². The summed E-state index contributed by atoms with van der Waals surface area (Å²) in [5.41, 5.74) is 5.98. The highest BCUT2D eigenvalue weighted by Crippen LogP contribution is 2.30. The van der Waals surface area contributed by atoms with Crippen LogP contribution in [-0.4, -0.2) is 18.1 Å². The highest BCUT2D eigenvalue weighted by molar-refractivity contribution is 7.86. The summed E-state index contributed by atoms with van der Waals surface area (Å²) in [5.74, 6) is -0.0216. The smallest absolute Gasteiger partial charge is 0.295 e. The second-order valence-electron chi connectivity index (χ2n) is 3.36. The molecular formula is C10H9NO4S. The average Bonchev–Trinajstić information content (AvgIpc) is 2.17. The van der Waals surface area contributed by atoms with Crippen LogP contribution in [-0.2, 0) is 10.1 Å². The maximum Gasteiger partial charge on any atom is 0.295 e. The van der Waals surface area contributed by atoms with Crippen LogP contribution in [0.4, 0.5) is 5.69 Å². The van der Waals surface area contributed by atoms with Crippen LogP contribution < -0.4 is 5.73 Å². The van der Waals surface area contributed by atoms with Crippen molar-refractivity contribution in [3.8, 4) is 5.75 Å². The van der Waals surface area contributed by atoms with Crippen molar-refractivity contribution in [1.29, 1.82) is 0 Å². The Labute approximate surface area is 91.9 Å². The van der Waals surface area contributed by atoms with E-state index in [-0.39, 0.29) is 16.0 Å². The van der Waals surface area contributed by atoms with Gasteiger partial charge in [-0.05, 0) is 30.3 Å². The number of phenolic OH excluding ortho intramolecular Hbond substituents is 1. The monoisotopic (exact) mass is 239 g/mol. The van der Waals surface area contributed by atoms with Crippen molar-refractivity contribution in [2.75, 3.05) is 5.73 Å². The van der Waals surface area contributed by atoms with E-state index in [2.05, 4.69) is 0 Å². The number of phenols is 1. The van der Waals surface area contributed by atoms with Crippen molar-refractivity contribution in [3.05, 3.63) is 30.3 Å². The van der Waals surface area contributed by atoms with Gasteiger partial charge in [-0.3, -0.25) is 4.55 Å². The summed E-state index contributed by atoms with van der Waals surface area (Å²) in [7, 11) is -4.30. The number of nitrogen functional groups attached to an aromatic ring is 1. The fourth-order valence-electron chi connectivity index (χ4n) is 1.56. The molecule has 2 rings (SSSR count). The Morgan fingerprint density at radius 3 is 2.38 bits per heavy atom. The van der Waals surface area contributed by atoms with Crippen molar-refractivity contribution in [2.24, 2.45) is 0 Å². The lowest BCUT2D eigenvalue weighted by Crippen LogP contribution is -2.00. The number of hydrogen-bond acceptors (Lipinski definition) is 4. The Balaban J connectivity index is 2.96. The number of hydrogen-bond donors (Lipinski definition) is 3. The standard InChI is InChI=1S/C10H9NO4S/c11-9-3-4-10(16(13,14)15)7-2-1-6(12)5-8(7)9/h1-5,12H,11H2,(H,13,14,15). The molecule has 16 heavy (non-hydrogen) atoms. The van der Waals surface area contributed by atoms with E-state index in [4.69, 9.17) is 10.3 Å². The molecule has 0 bridgehead atoms. The molecule has 0 aromatic heterocycles. The van der Waals surface area contributed by atoms with Crippen molar-refractivity contribution in [3.63, 3.8) is 0 Å². The lowest BCUT2D eigenvalue weighted by molar-refractivity contribution is 0.475. The normalized spacial score (nSPS) is 11.8. The van der Waals surface area contributed by atoms with Crippen LogP contribution in [0.25, 0.3) is 10.8 Å². The van der Waals surface area contributed by atoms with E-state index in [1.807, 2.05) is 0 Å². The quantitative estimate of drug-likeness (QED) is 0.515. The first-order valence-corrected chi connectivity index (χ1v) is 5.82. The molecule has 0 aliphatic heterocycles. The number of anilines is 1. The molecule has 4 N–H and O–H groups in total. The number of fused-ring (bicyclic) bond motifs is 1. The maximum absolute atomic E-state index is 11.1. The van der Waals surface area contributed by atoms with E-state index >= 15 is 0 Å². The van der Waals surface area contributed by atoms with Crippen LogP contribution in [0.3, 0.4) is 0 Å². The van der Waals surface area contributed by atoms with Gasteiger partial charge in [0.25, 0.3) is 10.1 Å². The Morgan fingerprint density at radius 2 is 1.75 bits per heavy atom. The van der Waals surface area contributed by atoms with Crippen LogP contribution in [0, 0.1) is 0 Å². The van der Waals surface area contributed by atoms with Gasteiger partial charge in [-0.15, -0.1) is 0 Å². The molecule has 0 spiro atoms. The third-order valence-electron chi connectivity index (χ3n) is 2.27. The molecule has 0 fully saturated rings. The minimum atomic E-state index is -4.30. The zero-order valence-corrected chi connectivity index (χ0v) is 8.90. The van der Waals surface area contributed by atoms with Crippen LogP contribution in [0.1, 0.15) is 0 Å². The zero-order valence-electron chi connectivity index (χ0n) is 8.08. The van der Waals surface area contributed by atoms with E-state index in [0.29, 0.717) is 11.1 Å². The molecule has 0 aliphatic rings. The molecule has 2 aromatic carbocycles. The van der Waals surface area contributed by atoms with Crippen LogP contribution in [0.5, 0.6) is 5.75 Å². The summed E-state index contributed by atoms with van der Waals surface area (Å²) in [5, 5.41) is 9.94. The Hall–Kier alpha value is -1.79. The van der Waals surface area contributed by atoms with Crippen molar-refractivity contribution in [1.82, 2.24) is 0 Å². The van der Waals surface area contributed by atoms with E-state index < -0.39 is 10.1 Å². The molecule has 0 unspecified atom stereocenters. The second-order valence-corrected chi connectivity index (χ2v) is 4.75. The summed E-state index contributed by atoms with van der Waals surface area (Å²) in [6.07, 6.45) is 0. The van der Waals surface area contributed by atoms with Crippen molar-refractivity contribution < 1.29 is 18.1 Å². The Bertz CT molecular complexity index is 664. The predicted molar refractivity (Wildman–Crippen MR) is 59.8 cm³/mol. The van der Waals surface area contributed by atoms with Crippen LogP contribution >= 0.6 is 0 Å². The van der Waals surface area contributed by atoms with E-state index in [0.717, 1.165) is 0 Å². The molecule has 0 saturated heterocycles. The van der Waals surface area contributed by atoms with Crippen molar-refractivity contribution in [2.45, 2.75) is 4.90 Å². The van der Waals surface area contributed by atoms with Gasteiger partial charge in [0.05, 0.1) is 0 Å². The first-order chi connectivity index (χ1) is 7.39. The molecule has 0 heterocycles. The number of benzene rings is 2. The van der Waals surface area contributed by atoms with Crippen LogP contribution in [0.2, 0.25) is 0 Å². The SMILES string of the molecule is Nc1ccc(S(=O)(=O)O)c2ccc(O)cc12. The highest BCUT2D eigenvalue weighted by Gasteiger charge is 2.15. The molecule has 5 nitrogen and oxygen atoms in total. The lowest BCUT2D eigenvalue weighted by Gasteiger charge is -2.06.